The summed E-state index contributed by atoms with van der Waals surface area (Å²) in [5.74, 6) is 0.107. The molecule has 0 aliphatic carbocycles. The van der Waals surface area contributed by atoms with E-state index in [1.54, 1.807) is 0 Å². The van der Waals surface area contributed by atoms with Gasteiger partial charge in [-0.25, -0.2) is 0 Å². The lowest BCUT2D eigenvalue weighted by Crippen LogP contribution is -2.15. The number of rotatable bonds is 2. The molecule has 1 saturated heterocycles. The molecule has 2 rings (SSSR count). The van der Waals surface area contributed by atoms with Crippen LogP contribution in [-0.4, -0.2) is 12.9 Å². The summed E-state index contributed by atoms with van der Waals surface area (Å²) in [4.78, 5) is -0.199. The molecule has 0 spiro atoms. The minimum absolute atomic E-state index is 0.107. The van der Waals surface area contributed by atoms with E-state index in [1.165, 1.54) is 12.1 Å². The number of hydrogen-bond donors (Lipinski definition) is 1. The molecule has 0 saturated carbocycles. The molecule has 1 fully saturated rings. The molecule has 1 heterocycles. The highest BCUT2D eigenvalue weighted by Gasteiger charge is 2.34. The molecule has 94 valence electrons. The maximum absolute atomic E-state index is 12.6. The first kappa shape index (κ1) is 12.6. The van der Waals surface area contributed by atoms with Crippen molar-refractivity contribution in [2.75, 3.05) is 6.61 Å². The zero-order valence-corrected chi connectivity index (χ0v) is 9.72. The summed E-state index contributed by atoms with van der Waals surface area (Å²) in [6.07, 6.45) is -3.36. The van der Waals surface area contributed by atoms with Gasteiger partial charge >= 0.3 is 6.18 Å². The van der Waals surface area contributed by atoms with Gasteiger partial charge in [-0.05, 0) is 18.6 Å². The lowest BCUT2D eigenvalue weighted by Gasteiger charge is -2.17. The molecule has 0 bridgehead atoms. The van der Waals surface area contributed by atoms with Crippen molar-refractivity contribution in [3.63, 3.8) is 0 Å². The van der Waals surface area contributed by atoms with Gasteiger partial charge in [-0.1, -0.05) is 6.07 Å². The van der Waals surface area contributed by atoms with Gasteiger partial charge < -0.3 is 9.47 Å². The van der Waals surface area contributed by atoms with Gasteiger partial charge in [0.2, 0.25) is 0 Å². The van der Waals surface area contributed by atoms with Crippen LogP contribution in [-0.2, 0) is 10.9 Å². The lowest BCUT2D eigenvalue weighted by molar-refractivity contribution is -0.140. The Morgan fingerprint density at radius 3 is 2.71 bits per heavy atom. The fourth-order valence-electron chi connectivity index (χ4n) is 1.63. The van der Waals surface area contributed by atoms with Gasteiger partial charge in [0.15, 0.2) is 6.29 Å². The summed E-state index contributed by atoms with van der Waals surface area (Å²) in [6.45, 7) is 0.575. The van der Waals surface area contributed by atoms with E-state index in [4.69, 9.17) is 9.47 Å². The number of ether oxygens (including phenoxy) is 2. The van der Waals surface area contributed by atoms with Crippen LogP contribution >= 0.6 is 12.6 Å². The average Bonchev–Trinajstić information content (AvgIpc) is 2.72. The van der Waals surface area contributed by atoms with Crippen molar-refractivity contribution in [1.29, 1.82) is 0 Å². The van der Waals surface area contributed by atoms with Crippen LogP contribution in [0.4, 0.5) is 13.2 Å². The highest BCUT2D eigenvalue weighted by molar-refractivity contribution is 7.80. The Balaban J connectivity index is 2.22. The van der Waals surface area contributed by atoms with E-state index in [0.717, 1.165) is 12.5 Å². The monoisotopic (exact) mass is 264 g/mol. The van der Waals surface area contributed by atoms with Crippen molar-refractivity contribution in [1.82, 2.24) is 0 Å². The Bertz CT molecular complexity index is 400. The minimum atomic E-state index is -4.42. The van der Waals surface area contributed by atoms with Gasteiger partial charge in [0.05, 0.1) is 17.1 Å². The first-order valence-electron chi connectivity index (χ1n) is 5.16. The first-order valence-corrected chi connectivity index (χ1v) is 5.60. The van der Waals surface area contributed by atoms with E-state index in [-0.39, 0.29) is 10.6 Å². The predicted octanol–water partition coefficient (Wildman–Crippen LogP) is 3.51. The largest absolute Gasteiger partial charge is 0.464 e. The molecule has 0 radical (unpaired) electrons. The number of thiol groups is 1. The van der Waals surface area contributed by atoms with Crippen LogP contribution in [0.2, 0.25) is 0 Å². The van der Waals surface area contributed by atoms with E-state index in [0.29, 0.717) is 13.0 Å². The van der Waals surface area contributed by atoms with E-state index in [1.807, 2.05) is 0 Å². The molecule has 0 N–H and O–H groups in total. The highest BCUT2D eigenvalue weighted by atomic mass is 32.1. The van der Waals surface area contributed by atoms with Gasteiger partial charge in [-0.2, -0.15) is 13.2 Å². The second kappa shape index (κ2) is 4.78. The summed E-state index contributed by atoms with van der Waals surface area (Å²) in [7, 11) is 0. The van der Waals surface area contributed by atoms with E-state index >= 15 is 0 Å². The van der Waals surface area contributed by atoms with Crippen LogP contribution in [0.3, 0.4) is 0 Å². The molecule has 1 unspecified atom stereocenters. The molecule has 1 aliphatic heterocycles. The van der Waals surface area contributed by atoms with Gasteiger partial charge in [0.25, 0.3) is 0 Å². The van der Waals surface area contributed by atoms with Crippen LogP contribution in [0.1, 0.15) is 18.4 Å². The molecule has 1 atom stereocenters. The van der Waals surface area contributed by atoms with Gasteiger partial charge in [-0.3, -0.25) is 0 Å². The predicted molar refractivity (Wildman–Crippen MR) is 58.3 cm³/mol. The average molecular weight is 264 g/mol. The standard InChI is InChI=1S/C11H11F3O2S/c12-11(13,14)7-3-1-4-8(10(7)17)16-9-5-2-6-15-9/h1,3-4,9,17H,2,5-6H2. The summed E-state index contributed by atoms with van der Waals surface area (Å²) in [6, 6.07) is 3.73. The van der Waals surface area contributed by atoms with Crippen molar-refractivity contribution in [3.8, 4) is 5.75 Å². The Kier molecular flexibility index (Phi) is 3.53. The quantitative estimate of drug-likeness (QED) is 0.824. The zero-order valence-electron chi connectivity index (χ0n) is 8.83. The number of hydrogen-bond acceptors (Lipinski definition) is 3. The third-order valence-electron chi connectivity index (χ3n) is 2.45. The Morgan fingerprint density at radius 2 is 2.12 bits per heavy atom. The molecule has 2 nitrogen and oxygen atoms in total. The zero-order chi connectivity index (χ0) is 12.5. The molecule has 0 aromatic heterocycles. The summed E-state index contributed by atoms with van der Waals surface area (Å²) < 4.78 is 48.4. The fourth-order valence-corrected chi connectivity index (χ4v) is 1.96. The Morgan fingerprint density at radius 1 is 1.35 bits per heavy atom. The van der Waals surface area contributed by atoms with Crippen LogP contribution in [0.25, 0.3) is 0 Å². The Labute approximate surface area is 102 Å². The summed E-state index contributed by atoms with van der Waals surface area (Å²) in [5, 5.41) is 0. The molecule has 0 amide bonds. The van der Waals surface area contributed by atoms with Crippen molar-refractivity contribution in [2.24, 2.45) is 0 Å². The van der Waals surface area contributed by atoms with Crippen LogP contribution in [0.5, 0.6) is 5.75 Å². The lowest BCUT2D eigenvalue weighted by atomic mass is 10.2. The minimum Gasteiger partial charge on any atom is -0.464 e. The van der Waals surface area contributed by atoms with Crippen molar-refractivity contribution in [3.05, 3.63) is 23.8 Å². The van der Waals surface area contributed by atoms with Crippen LogP contribution in [0.15, 0.2) is 23.1 Å². The van der Waals surface area contributed by atoms with Crippen LogP contribution < -0.4 is 4.74 Å². The van der Waals surface area contributed by atoms with Gasteiger partial charge in [0, 0.05) is 6.42 Å². The van der Waals surface area contributed by atoms with E-state index in [2.05, 4.69) is 12.6 Å². The van der Waals surface area contributed by atoms with Gasteiger partial charge in [-0.15, -0.1) is 12.6 Å². The van der Waals surface area contributed by atoms with Crippen molar-refractivity contribution >= 4 is 12.6 Å². The molecule has 1 aromatic carbocycles. The molecule has 17 heavy (non-hydrogen) atoms. The SMILES string of the molecule is FC(F)(F)c1cccc(OC2CCCO2)c1S. The third kappa shape index (κ3) is 2.87. The number of benzene rings is 1. The second-order valence-electron chi connectivity index (χ2n) is 3.71. The third-order valence-corrected chi connectivity index (χ3v) is 2.91. The smallest absolute Gasteiger partial charge is 0.417 e. The maximum Gasteiger partial charge on any atom is 0.417 e. The summed E-state index contributed by atoms with van der Waals surface area (Å²) >= 11 is 3.88. The molecular weight excluding hydrogens is 253 g/mol. The van der Waals surface area contributed by atoms with E-state index < -0.39 is 18.0 Å². The second-order valence-corrected chi connectivity index (χ2v) is 4.16. The molecule has 1 aromatic rings. The topological polar surface area (TPSA) is 18.5 Å². The normalized spacial score (nSPS) is 20.6. The highest BCUT2D eigenvalue weighted by Crippen LogP contribution is 2.38. The van der Waals surface area contributed by atoms with E-state index in [9.17, 15) is 13.2 Å². The molecular formula is C11H11F3O2S. The molecule has 1 aliphatic rings. The number of alkyl halides is 3. The van der Waals surface area contributed by atoms with Crippen LogP contribution in [0, 0.1) is 0 Å². The molecule has 6 heteroatoms. The summed E-state index contributed by atoms with van der Waals surface area (Å²) in [5.41, 5.74) is -0.795. The van der Waals surface area contributed by atoms with Gasteiger partial charge in [0.1, 0.15) is 5.75 Å². The van der Waals surface area contributed by atoms with Crippen molar-refractivity contribution in [2.45, 2.75) is 30.2 Å². The maximum atomic E-state index is 12.6. The fraction of sp³-hybridized carbons (Fsp3) is 0.455. The first-order chi connectivity index (χ1) is 7.98. The number of halogens is 3. The Hall–Kier alpha value is -0.880. The van der Waals surface area contributed by atoms with Crippen molar-refractivity contribution < 1.29 is 22.6 Å².